The highest BCUT2D eigenvalue weighted by Gasteiger charge is 2.51. The van der Waals surface area contributed by atoms with Gasteiger partial charge in [0.2, 0.25) is 0 Å². The molecule has 0 saturated carbocycles. The highest BCUT2D eigenvalue weighted by molar-refractivity contribution is 5.71. The molecule has 19 atom stereocenters. The highest BCUT2D eigenvalue weighted by atomic mass is 16.7. The normalized spacial score (nSPS) is 45.5. The Morgan fingerprint density at radius 3 is 1.82 bits per heavy atom. The van der Waals surface area contributed by atoms with Gasteiger partial charge in [-0.2, -0.15) is 0 Å². The van der Waals surface area contributed by atoms with E-state index in [9.17, 15) is 65.8 Å². The number of carboxylic acid groups (broad SMARTS) is 1. The van der Waals surface area contributed by atoms with Crippen LogP contribution in [0.4, 0.5) is 0 Å². The number of aliphatic hydroxyl groups excluding tert-OH is 9. The molecule has 0 amide bonds. The quantitative estimate of drug-likeness (QED) is 0.174. The molecule has 18 nitrogen and oxygen atoms in total. The van der Waals surface area contributed by atoms with Crippen LogP contribution in [0.3, 0.4) is 0 Å². The number of cyclic esters (lactones) is 1. The van der Waals surface area contributed by atoms with Crippen LogP contribution in [0, 0.1) is 17.8 Å². The fourth-order valence-electron chi connectivity index (χ4n) is 7.97. The van der Waals surface area contributed by atoms with Gasteiger partial charge in [0.1, 0.15) is 18.1 Å². The summed E-state index contributed by atoms with van der Waals surface area (Å²) in [6.45, 7) is 6.74. The van der Waals surface area contributed by atoms with Crippen molar-refractivity contribution in [3.05, 3.63) is 85.1 Å². The van der Waals surface area contributed by atoms with Crippen molar-refractivity contribution < 1.29 is 84.7 Å². The molecule has 368 valence electrons. The van der Waals surface area contributed by atoms with Crippen molar-refractivity contribution in [2.75, 3.05) is 0 Å². The van der Waals surface area contributed by atoms with E-state index >= 15 is 0 Å². The minimum atomic E-state index is -2.33. The number of allylic oxidation sites excluding steroid dienone is 12. The van der Waals surface area contributed by atoms with Crippen molar-refractivity contribution in [2.45, 2.75) is 177 Å². The Hall–Kier alpha value is -3.44. The molecule has 2 saturated heterocycles. The lowest BCUT2D eigenvalue weighted by atomic mass is 9.82. The molecule has 18 heteroatoms. The predicted octanol–water partition coefficient (Wildman–Crippen LogP) is 0.712. The monoisotopic (exact) mass is 923 g/mol. The van der Waals surface area contributed by atoms with E-state index in [1.807, 2.05) is 19.1 Å². The highest BCUT2D eigenvalue weighted by Crippen LogP contribution is 2.38. The first-order valence-corrected chi connectivity index (χ1v) is 22.3. The number of rotatable bonds is 3. The molecule has 3 aliphatic heterocycles. The summed E-state index contributed by atoms with van der Waals surface area (Å²) in [6.07, 6.45) is 3.46. The average Bonchev–Trinajstić information content (AvgIpc) is 3.21. The Bertz CT molecular complexity index is 1670. The van der Waals surface area contributed by atoms with E-state index in [-0.39, 0.29) is 31.6 Å². The zero-order valence-electron chi connectivity index (χ0n) is 37.6. The topological polar surface area (TPSA) is 320 Å². The minimum absolute atomic E-state index is 0.107. The summed E-state index contributed by atoms with van der Waals surface area (Å²) in [6, 6.07) is -1.15. The van der Waals surface area contributed by atoms with Crippen LogP contribution in [0.5, 0.6) is 0 Å². The third-order valence-electron chi connectivity index (χ3n) is 12.0. The lowest BCUT2D eigenvalue weighted by molar-refractivity contribution is -0.308. The summed E-state index contributed by atoms with van der Waals surface area (Å²) in [5, 5.41) is 118. The SMILES string of the molecule is C[C@@H]1OC(=O)CC(O)CC(O)CCC(O)C(O)CC(O)CC2(O)C[C@H](O)C(C(=O)O)[C@H](CC(OC3O[C@H](C)[C@@H](O)[C@H](N)[C@@H]3O)/C=C/C=C/C=C/C=C/C=C/C=C/C=C/[C@H](C)C(O)[C@H]1C)O2. The Labute approximate surface area is 381 Å². The zero-order chi connectivity index (χ0) is 48.4. The van der Waals surface area contributed by atoms with Gasteiger partial charge in [-0.25, -0.2) is 0 Å². The lowest BCUT2D eigenvalue weighted by Gasteiger charge is -2.45. The molecule has 0 aromatic heterocycles. The molecule has 3 aliphatic rings. The number of carboxylic acids is 1. The maximum Gasteiger partial charge on any atom is 0.311 e. The minimum Gasteiger partial charge on any atom is -0.481 e. The largest absolute Gasteiger partial charge is 0.481 e. The van der Waals surface area contributed by atoms with Gasteiger partial charge in [0.05, 0.1) is 79.6 Å². The summed E-state index contributed by atoms with van der Waals surface area (Å²) < 4.78 is 23.1. The molecule has 65 heavy (non-hydrogen) atoms. The molecular formula is C47H73NO17. The Kier molecular flexibility index (Phi) is 23.6. The van der Waals surface area contributed by atoms with Crippen LogP contribution in [-0.4, -0.2) is 166 Å². The van der Waals surface area contributed by atoms with E-state index in [1.54, 1.807) is 80.7 Å². The van der Waals surface area contributed by atoms with Crippen LogP contribution in [0.2, 0.25) is 0 Å². The van der Waals surface area contributed by atoms with Crippen LogP contribution >= 0.6 is 0 Å². The van der Waals surface area contributed by atoms with Gasteiger partial charge in [-0.3, -0.25) is 9.59 Å². The van der Waals surface area contributed by atoms with Crippen LogP contribution in [-0.2, 0) is 28.5 Å². The lowest BCUT2D eigenvalue weighted by Crippen LogP contribution is -2.61. The number of carbonyl (C=O) groups is 2. The van der Waals surface area contributed by atoms with Crippen LogP contribution < -0.4 is 5.73 Å². The summed E-state index contributed by atoms with van der Waals surface area (Å²) >= 11 is 0. The Morgan fingerprint density at radius 2 is 1.23 bits per heavy atom. The molecule has 0 spiro atoms. The summed E-state index contributed by atoms with van der Waals surface area (Å²) in [7, 11) is 0. The Balaban J connectivity index is 1.86. The summed E-state index contributed by atoms with van der Waals surface area (Å²) in [5.74, 6) is -6.83. The van der Waals surface area contributed by atoms with Gasteiger partial charge in [0.15, 0.2) is 12.1 Å². The predicted molar refractivity (Wildman–Crippen MR) is 237 cm³/mol. The average molecular weight is 924 g/mol. The van der Waals surface area contributed by atoms with Crippen molar-refractivity contribution in [1.29, 1.82) is 0 Å². The first-order chi connectivity index (χ1) is 30.6. The van der Waals surface area contributed by atoms with Crippen LogP contribution in [0.1, 0.15) is 79.1 Å². The number of esters is 1. The standard InChI is InChI=1S/C47H73NO17/c1-27-17-15-13-11-9-7-5-6-8-10-12-14-16-18-34(64-46-44(58)41(48)43(57)30(4)63-46)24-38-40(45(59)60)37(54)26-47(61,65-38)25-33(51)22-36(53)35(52)20-19-31(49)21-32(50)23-39(55)62-29(3)28(2)42(27)56/h5-18,27-38,40-44,46,49-54,56-58,61H,19-26,48H2,1-4H3,(H,59,60)/b6-5+,9-7+,10-8+,13-11+,14-12+,17-15+,18-16+/t27-,28-,29-,30+,31?,32?,33?,34?,35?,36?,37-,38-,40?,41-,42?,43+,44-,46?,47?/m0/s1. The van der Waals surface area contributed by atoms with E-state index in [1.165, 1.54) is 13.0 Å². The number of nitrogens with two attached hydrogens (primary N) is 1. The second-order valence-corrected chi connectivity index (χ2v) is 17.6. The third kappa shape index (κ3) is 18.6. The van der Waals surface area contributed by atoms with Gasteiger partial charge in [0.25, 0.3) is 0 Å². The second-order valence-electron chi connectivity index (χ2n) is 17.6. The number of fused-ring (bicyclic) bond motifs is 2. The van der Waals surface area contributed by atoms with E-state index < -0.39 is 147 Å². The molecule has 3 rings (SSSR count). The van der Waals surface area contributed by atoms with Crippen molar-refractivity contribution in [1.82, 2.24) is 0 Å². The van der Waals surface area contributed by atoms with Crippen LogP contribution in [0.25, 0.3) is 0 Å². The molecular weight excluding hydrogens is 851 g/mol. The molecule has 13 N–H and O–H groups in total. The van der Waals surface area contributed by atoms with Gasteiger partial charge in [-0.15, -0.1) is 0 Å². The number of ether oxygens (including phenoxy) is 4. The maximum atomic E-state index is 12.6. The van der Waals surface area contributed by atoms with E-state index in [4.69, 9.17) is 24.7 Å². The molecule has 3 heterocycles. The van der Waals surface area contributed by atoms with Crippen LogP contribution in [0.15, 0.2) is 85.1 Å². The molecule has 10 unspecified atom stereocenters. The van der Waals surface area contributed by atoms with E-state index in [0.717, 1.165) is 0 Å². The molecule has 2 bridgehead atoms. The zero-order valence-corrected chi connectivity index (χ0v) is 37.6. The third-order valence-corrected chi connectivity index (χ3v) is 12.0. The molecule has 0 aromatic rings. The summed E-state index contributed by atoms with van der Waals surface area (Å²) in [5.41, 5.74) is 6.02. The van der Waals surface area contributed by atoms with Crippen molar-refractivity contribution >= 4 is 11.9 Å². The van der Waals surface area contributed by atoms with Gasteiger partial charge in [-0.05, 0) is 33.1 Å². The first kappa shape index (κ1) is 55.9. The fourth-order valence-corrected chi connectivity index (χ4v) is 7.97. The Morgan fingerprint density at radius 1 is 0.662 bits per heavy atom. The molecule has 0 radical (unpaired) electrons. The van der Waals surface area contributed by atoms with Crippen molar-refractivity contribution in [3.8, 4) is 0 Å². The molecule has 0 aromatic carbocycles. The smallest absolute Gasteiger partial charge is 0.311 e. The fraction of sp³-hybridized carbons (Fsp3) is 0.660. The number of hydrogen-bond donors (Lipinski definition) is 12. The number of aliphatic hydroxyl groups is 10. The van der Waals surface area contributed by atoms with E-state index in [0.29, 0.717) is 0 Å². The first-order valence-electron chi connectivity index (χ1n) is 22.3. The van der Waals surface area contributed by atoms with Crippen molar-refractivity contribution in [2.24, 2.45) is 23.5 Å². The summed E-state index contributed by atoms with van der Waals surface area (Å²) in [4.78, 5) is 25.1. The van der Waals surface area contributed by atoms with Gasteiger partial charge in [-0.1, -0.05) is 98.9 Å². The van der Waals surface area contributed by atoms with Crippen molar-refractivity contribution in [3.63, 3.8) is 0 Å². The molecule has 2 fully saturated rings. The molecule has 0 aliphatic carbocycles. The number of hydrogen-bond acceptors (Lipinski definition) is 17. The van der Waals surface area contributed by atoms with Gasteiger partial charge in [0, 0.05) is 37.5 Å². The second kappa shape index (κ2) is 27.4. The number of carbonyl (C=O) groups excluding carboxylic acids is 1. The van der Waals surface area contributed by atoms with Gasteiger partial charge >= 0.3 is 11.9 Å². The maximum absolute atomic E-state index is 12.6. The van der Waals surface area contributed by atoms with Gasteiger partial charge < -0.3 is 80.9 Å². The number of aliphatic carboxylic acids is 1. The van der Waals surface area contributed by atoms with E-state index in [2.05, 4.69) is 0 Å².